The van der Waals surface area contributed by atoms with Gasteiger partial charge in [0.05, 0.1) is 5.57 Å². The Morgan fingerprint density at radius 3 is 1.79 bits per heavy atom. The molecule has 1 N–H and O–H groups in total. The SMILES string of the molecule is O=C(O)C1=NN(c2c(F)c(F)c(F)c(F)c2F)C(=O)/C1=C\c1ccc2c(c1)CCCN2c1c(F)c(F)c(F)c(F)c1F. The summed E-state index contributed by atoms with van der Waals surface area (Å²) in [5.41, 5.74) is -4.70. The highest BCUT2D eigenvalue weighted by atomic mass is 19.2. The molecule has 218 valence electrons. The number of fused-ring (bicyclic) bond motifs is 1. The fourth-order valence-corrected chi connectivity index (χ4v) is 4.57. The molecule has 42 heavy (non-hydrogen) atoms. The van der Waals surface area contributed by atoms with E-state index in [0.717, 1.165) is 17.0 Å². The largest absolute Gasteiger partial charge is 0.476 e. The van der Waals surface area contributed by atoms with Crippen LogP contribution in [0.25, 0.3) is 6.08 Å². The number of aliphatic carboxylic acids is 1. The molecular weight excluding hydrogens is 592 g/mol. The van der Waals surface area contributed by atoms with Gasteiger partial charge >= 0.3 is 5.97 Å². The van der Waals surface area contributed by atoms with Crippen molar-refractivity contribution in [2.45, 2.75) is 12.8 Å². The number of hydrogen-bond acceptors (Lipinski definition) is 4. The van der Waals surface area contributed by atoms with Gasteiger partial charge in [-0.15, -0.1) is 0 Å². The number of nitrogens with zero attached hydrogens (tertiary/aromatic N) is 3. The van der Waals surface area contributed by atoms with Crippen molar-refractivity contribution in [3.63, 3.8) is 0 Å². The monoisotopic (exact) mass is 603 g/mol. The maximum atomic E-state index is 14.5. The molecule has 0 aliphatic carbocycles. The van der Waals surface area contributed by atoms with E-state index in [9.17, 15) is 58.6 Å². The summed E-state index contributed by atoms with van der Waals surface area (Å²) < 4.78 is 140. The Morgan fingerprint density at radius 2 is 1.26 bits per heavy atom. The molecule has 0 saturated heterocycles. The molecule has 2 heterocycles. The molecule has 0 radical (unpaired) electrons. The smallest absolute Gasteiger partial charge is 0.357 e. The fraction of sp³-hybridized carbons (Fsp3) is 0.115. The van der Waals surface area contributed by atoms with Crippen molar-refractivity contribution < 1.29 is 58.6 Å². The molecule has 0 atom stereocenters. The summed E-state index contributed by atoms with van der Waals surface area (Å²) in [6.45, 7) is -0.156. The first-order chi connectivity index (χ1) is 19.8. The van der Waals surface area contributed by atoms with E-state index >= 15 is 0 Å². The summed E-state index contributed by atoms with van der Waals surface area (Å²) in [4.78, 5) is 25.5. The number of hydrazone groups is 1. The third-order valence-electron chi connectivity index (χ3n) is 6.47. The lowest BCUT2D eigenvalue weighted by Crippen LogP contribution is -2.27. The quantitative estimate of drug-likeness (QED) is 0.171. The summed E-state index contributed by atoms with van der Waals surface area (Å²) in [6, 6.07) is 3.61. The normalized spacial score (nSPS) is 15.9. The van der Waals surface area contributed by atoms with Gasteiger partial charge in [-0.3, -0.25) is 4.79 Å². The van der Waals surface area contributed by atoms with Crippen LogP contribution in [-0.4, -0.2) is 29.2 Å². The Kier molecular flexibility index (Phi) is 6.94. The molecule has 0 saturated carbocycles. The number of benzene rings is 3. The van der Waals surface area contributed by atoms with Gasteiger partial charge in [0.1, 0.15) is 11.4 Å². The molecule has 5 rings (SSSR count). The molecule has 0 fully saturated rings. The molecule has 0 unspecified atom stereocenters. The Bertz CT molecular complexity index is 1730. The predicted octanol–water partition coefficient (Wildman–Crippen LogP) is 6.03. The fourth-order valence-electron chi connectivity index (χ4n) is 4.57. The first-order valence-corrected chi connectivity index (χ1v) is 11.6. The van der Waals surface area contributed by atoms with Gasteiger partial charge < -0.3 is 10.0 Å². The van der Waals surface area contributed by atoms with Gasteiger partial charge in [-0.2, -0.15) is 10.1 Å². The number of aryl methyl sites for hydroxylation is 1. The van der Waals surface area contributed by atoms with E-state index in [4.69, 9.17) is 0 Å². The Labute approximate surface area is 227 Å². The lowest BCUT2D eigenvalue weighted by molar-refractivity contribution is -0.129. The van der Waals surface area contributed by atoms with Crippen LogP contribution in [0.1, 0.15) is 17.5 Å². The average molecular weight is 603 g/mol. The second kappa shape index (κ2) is 10.2. The molecule has 2 aliphatic rings. The number of carboxylic acid groups (broad SMARTS) is 1. The van der Waals surface area contributed by atoms with Gasteiger partial charge in [0.15, 0.2) is 52.2 Å². The van der Waals surface area contributed by atoms with Gasteiger partial charge in [0.2, 0.25) is 11.6 Å². The summed E-state index contributed by atoms with van der Waals surface area (Å²) in [5.74, 6) is -26.5. The number of carbonyl (C=O) groups is 2. The van der Waals surface area contributed by atoms with E-state index in [0.29, 0.717) is 0 Å². The number of rotatable bonds is 4. The first kappa shape index (κ1) is 28.6. The summed E-state index contributed by atoms with van der Waals surface area (Å²) in [5, 5.41) is 12.4. The van der Waals surface area contributed by atoms with Crippen molar-refractivity contribution in [3.05, 3.63) is 93.1 Å². The van der Waals surface area contributed by atoms with Crippen molar-refractivity contribution in [1.29, 1.82) is 0 Å². The Hall–Kier alpha value is -4.89. The van der Waals surface area contributed by atoms with E-state index in [2.05, 4.69) is 5.10 Å². The second-order valence-electron chi connectivity index (χ2n) is 8.91. The van der Waals surface area contributed by atoms with E-state index < -0.39 is 92.7 Å². The van der Waals surface area contributed by atoms with Crippen LogP contribution in [-0.2, 0) is 16.0 Å². The van der Waals surface area contributed by atoms with Gasteiger partial charge in [0, 0.05) is 12.2 Å². The highest BCUT2D eigenvalue weighted by Gasteiger charge is 2.40. The maximum absolute atomic E-state index is 14.5. The van der Waals surface area contributed by atoms with Crippen LogP contribution in [0.3, 0.4) is 0 Å². The number of anilines is 3. The highest BCUT2D eigenvalue weighted by molar-refractivity contribution is 6.53. The van der Waals surface area contributed by atoms with Gasteiger partial charge in [0.25, 0.3) is 5.91 Å². The van der Waals surface area contributed by atoms with Crippen molar-refractivity contribution in [1.82, 2.24) is 0 Å². The molecule has 6 nitrogen and oxygen atoms in total. The zero-order valence-corrected chi connectivity index (χ0v) is 20.3. The van der Waals surface area contributed by atoms with Crippen LogP contribution in [0, 0.1) is 58.2 Å². The number of hydrogen-bond donors (Lipinski definition) is 1. The van der Waals surface area contributed by atoms with Gasteiger partial charge in [-0.05, 0) is 42.2 Å². The minimum Gasteiger partial charge on any atom is -0.476 e. The van der Waals surface area contributed by atoms with Crippen molar-refractivity contribution in [2.24, 2.45) is 5.10 Å². The van der Waals surface area contributed by atoms with E-state index in [1.807, 2.05) is 0 Å². The van der Waals surface area contributed by atoms with Crippen molar-refractivity contribution in [3.8, 4) is 0 Å². The molecule has 16 heteroatoms. The van der Waals surface area contributed by atoms with Crippen LogP contribution in [0.2, 0.25) is 0 Å². The molecule has 0 aromatic heterocycles. The lowest BCUT2D eigenvalue weighted by atomic mass is 9.97. The first-order valence-electron chi connectivity index (χ1n) is 11.6. The minimum atomic E-state index is -2.52. The standard InChI is InChI=1S/C26H11F10N3O3/c27-12-14(29)18(33)23(19(34)15(12)30)38-5-1-2-9-6-8(3-4-11(9)38)7-10-22(26(41)42)37-39(25(10)40)24-20(35)16(31)13(28)17(32)21(24)36/h3-4,6-7H,1-2,5H2,(H,41,42)/b10-7-. The van der Waals surface area contributed by atoms with E-state index in [1.165, 1.54) is 12.1 Å². The molecule has 2 aliphatic heterocycles. The molecule has 0 bridgehead atoms. The average Bonchev–Trinajstić information content (AvgIpc) is 3.28. The summed E-state index contributed by atoms with van der Waals surface area (Å²) in [6.07, 6.45) is 1.21. The zero-order chi connectivity index (χ0) is 30.8. The number of carbonyl (C=O) groups excluding carboxylic acids is 1. The summed E-state index contributed by atoms with van der Waals surface area (Å²) in [7, 11) is 0. The topological polar surface area (TPSA) is 73.2 Å². The highest BCUT2D eigenvalue weighted by Crippen LogP contribution is 2.40. The van der Waals surface area contributed by atoms with Crippen molar-refractivity contribution >= 4 is 40.7 Å². The third kappa shape index (κ3) is 4.24. The lowest BCUT2D eigenvalue weighted by Gasteiger charge is -2.32. The van der Waals surface area contributed by atoms with Crippen LogP contribution >= 0.6 is 0 Å². The van der Waals surface area contributed by atoms with Crippen molar-refractivity contribution in [2.75, 3.05) is 16.5 Å². The number of carboxylic acids is 1. The van der Waals surface area contributed by atoms with Gasteiger partial charge in [-0.1, -0.05) is 6.07 Å². The van der Waals surface area contributed by atoms with Crippen LogP contribution in [0.4, 0.5) is 61.0 Å². The van der Waals surface area contributed by atoms with Crippen LogP contribution in [0.15, 0.2) is 28.9 Å². The second-order valence-corrected chi connectivity index (χ2v) is 8.91. The number of halogens is 10. The Balaban J connectivity index is 1.57. The molecular formula is C26H11F10N3O3. The minimum absolute atomic E-state index is 0.00423. The van der Waals surface area contributed by atoms with Crippen LogP contribution in [0.5, 0.6) is 0 Å². The molecule has 3 aromatic carbocycles. The Morgan fingerprint density at radius 1 is 0.762 bits per heavy atom. The zero-order valence-electron chi connectivity index (χ0n) is 20.3. The summed E-state index contributed by atoms with van der Waals surface area (Å²) >= 11 is 0. The maximum Gasteiger partial charge on any atom is 0.357 e. The van der Waals surface area contributed by atoms with E-state index in [-0.39, 0.29) is 41.2 Å². The van der Waals surface area contributed by atoms with E-state index in [1.54, 1.807) is 0 Å². The van der Waals surface area contributed by atoms with Gasteiger partial charge in [-0.25, -0.2) is 48.7 Å². The molecule has 1 amide bonds. The third-order valence-corrected chi connectivity index (χ3v) is 6.47. The van der Waals surface area contributed by atoms with Crippen LogP contribution < -0.4 is 9.91 Å². The molecule has 0 spiro atoms. The predicted molar refractivity (Wildman–Crippen MR) is 125 cm³/mol. The number of amides is 1. The molecule has 3 aromatic rings.